The lowest BCUT2D eigenvalue weighted by Gasteiger charge is -2.21. The van der Waals surface area contributed by atoms with Crippen molar-refractivity contribution < 1.29 is 0 Å². The summed E-state index contributed by atoms with van der Waals surface area (Å²) in [5.74, 6) is 0. The molecule has 0 amide bonds. The lowest BCUT2D eigenvalue weighted by atomic mass is 9.86. The van der Waals surface area contributed by atoms with Gasteiger partial charge in [-0.1, -0.05) is 46.8 Å². The van der Waals surface area contributed by atoms with Gasteiger partial charge in [0.05, 0.1) is 0 Å². The van der Waals surface area contributed by atoms with E-state index < -0.39 is 0 Å². The summed E-state index contributed by atoms with van der Waals surface area (Å²) in [5.41, 5.74) is 4.53. The molecule has 0 atom stereocenters. The Labute approximate surface area is 107 Å². The predicted octanol–water partition coefficient (Wildman–Crippen LogP) is 4.76. The number of nitrogens with one attached hydrogen (secondary N) is 1. The van der Waals surface area contributed by atoms with E-state index in [9.17, 15) is 0 Å². The molecule has 0 aromatic heterocycles. The molecule has 0 bridgehead atoms. The van der Waals surface area contributed by atoms with Crippen molar-refractivity contribution in [3.63, 3.8) is 0 Å². The molecule has 96 valence electrons. The molecule has 0 fully saturated rings. The minimum absolute atomic E-state index is 0.253. The molecule has 1 heterocycles. The summed E-state index contributed by atoms with van der Waals surface area (Å²) < 4.78 is 0. The molecule has 1 aliphatic rings. The quantitative estimate of drug-likeness (QED) is 0.681. The van der Waals surface area contributed by atoms with Crippen LogP contribution in [-0.2, 0) is 11.8 Å². The first kappa shape index (κ1) is 14.1. The van der Waals surface area contributed by atoms with Gasteiger partial charge in [0.25, 0.3) is 0 Å². The number of hydrogen-bond acceptors (Lipinski definition) is 1. The van der Waals surface area contributed by atoms with E-state index >= 15 is 0 Å². The first-order valence-electron chi connectivity index (χ1n) is 6.95. The number of benzene rings is 1. The van der Waals surface area contributed by atoms with Gasteiger partial charge >= 0.3 is 0 Å². The van der Waals surface area contributed by atoms with Crippen LogP contribution in [0.15, 0.2) is 18.2 Å². The van der Waals surface area contributed by atoms with Crippen LogP contribution >= 0.6 is 0 Å². The van der Waals surface area contributed by atoms with Crippen molar-refractivity contribution in [2.75, 3.05) is 11.9 Å². The van der Waals surface area contributed by atoms with E-state index in [2.05, 4.69) is 44.3 Å². The second kappa shape index (κ2) is 6.09. The zero-order valence-corrected chi connectivity index (χ0v) is 12.1. The van der Waals surface area contributed by atoms with E-state index in [1.54, 1.807) is 0 Å². The van der Waals surface area contributed by atoms with E-state index in [1.165, 1.54) is 36.1 Å². The summed E-state index contributed by atoms with van der Waals surface area (Å²) >= 11 is 0. The van der Waals surface area contributed by atoms with Crippen molar-refractivity contribution in [3.8, 4) is 0 Å². The molecule has 2 rings (SSSR count). The second-order valence-corrected chi connectivity index (χ2v) is 5.51. The fourth-order valence-electron chi connectivity index (χ4n) is 2.09. The molecule has 0 saturated carbocycles. The Bertz CT molecular complexity index is 347. The number of aryl methyl sites for hydroxylation is 1. The van der Waals surface area contributed by atoms with Gasteiger partial charge in [0.1, 0.15) is 0 Å². The van der Waals surface area contributed by atoms with Crippen molar-refractivity contribution in [1.29, 1.82) is 0 Å². The maximum Gasteiger partial charge on any atom is 0.0375 e. The molecule has 1 aromatic carbocycles. The standard InChI is InChI=1S/C14H21N.C2H6/c1-14(2,3)12-8-7-11-6-4-5-9-15-13(11)10-12;1-2/h7-8,10,15H,4-6,9H2,1-3H3;1-2H3. The zero-order valence-electron chi connectivity index (χ0n) is 12.1. The molecule has 0 unspecified atom stereocenters. The van der Waals surface area contributed by atoms with E-state index in [1.807, 2.05) is 13.8 Å². The molecule has 0 spiro atoms. The van der Waals surface area contributed by atoms with Crippen LogP contribution in [0.4, 0.5) is 5.69 Å². The molecule has 1 heteroatoms. The van der Waals surface area contributed by atoms with Gasteiger partial charge in [0, 0.05) is 12.2 Å². The highest BCUT2D eigenvalue weighted by Crippen LogP contribution is 2.29. The molecule has 1 N–H and O–H groups in total. The SMILES string of the molecule is CC.CC(C)(C)c1ccc2c(c1)NCCCC2. The highest BCUT2D eigenvalue weighted by molar-refractivity contribution is 5.55. The van der Waals surface area contributed by atoms with E-state index in [0.717, 1.165) is 6.54 Å². The first-order chi connectivity index (χ1) is 8.07. The summed E-state index contributed by atoms with van der Waals surface area (Å²) in [4.78, 5) is 0. The monoisotopic (exact) mass is 233 g/mol. The largest absolute Gasteiger partial charge is 0.385 e. The lowest BCUT2D eigenvalue weighted by molar-refractivity contribution is 0.590. The molecular weight excluding hydrogens is 206 g/mol. The van der Waals surface area contributed by atoms with Gasteiger partial charge in [-0.05, 0) is 41.9 Å². The molecule has 17 heavy (non-hydrogen) atoms. The summed E-state index contributed by atoms with van der Waals surface area (Å²) in [7, 11) is 0. The number of anilines is 1. The Balaban J connectivity index is 0.000000686. The molecule has 0 radical (unpaired) electrons. The Morgan fingerprint density at radius 3 is 2.41 bits per heavy atom. The van der Waals surface area contributed by atoms with Gasteiger partial charge in [0.15, 0.2) is 0 Å². The van der Waals surface area contributed by atoms with Gasteiger partial charge in [-0.2, -0.15) is 0 Å². The summed E-state index contributed by atoms with van der Waals surface area (Å²) in [5, 5.41) is 3.54. The maximum absolute atomic E-state index is 3.54. The molecule has 1 aliphatic heterocycles. The molecule has 1 nitrogen and oxygen atoms in total. The van der Waals surface area contributed by atoms with Crippen LogP contribution in [0, 0.1) is 0 Å². The van der Waals surface area contributed by atoms with Gasteiger partial charge in [-0.25, -0.2) is 0 Å². The van der Waals surface area contributed by atoms with Crippen LogP contribution in [0.3, 0.4) is 0 Å². The fraction of sp³-hybridized carbons (Fsp3) is 0.625. The third-order valence-corrected chi connectivity index (χ3v) is 3.16. The van der Waals surface area contributed by atoms with E-state index in [0.29, 0.717) is 0 Å². The van der Waals surface area contributed by atoms with Crippen molar-refractivity contribution >= 4 is 5.69 Å². The van der Waals surface area contributed by atoms with Gasteiger partial charge in [-0.15, -0.1) is 0 Å². The third kappa shape index (κ3) is 3.76. The van der Waals surface area contributed by atoms with E-state index in [-0.39, 0.29) is 5.41 Å². The molecule has 0 aliphatic carbocycles. The highest BCUT2D eigenvalue weighted by Gasteiger charge is 2.16. The van der Waals surface area contributed by atoms with Crippen molar-refractivity contribution in [1.82, 2.24) is 0 Å². The van der Waals surface area contributed by atoms with Crippen LogP contribution < -0.4 is 5.32 Å². The van der Waals surface area contributed by atoms with Crippen LogP contribution in [0.2, 0.25) is 0 Å². The van der Waals surface area contributed by atoms with Crippen molar-refractivity contribution in [3.05, 3.63) is 29.3 Å². The Morgan fingerprint density at radius 2 is 1.76 bits per heavy atom. The van der Waals surface area contributed by atoms with Gasteiger partial charge < -0.3 is 5.32 Å². The molecular formula is C16H27N. The topological polar surface area (TPSA) is 12.0 Å². The maximum atomic E-state index is 3.54. The third-order valence-electron chi connectivity index (χ3n) is 3.16. The smallest absolute Gasteiger partial charge is 0.0375 e. The highest BCUT2D eigenvalue weighted by atomic mass is 14.9. The predicted molar refractivity (Wildman–Crippen MR) is 77.9 cm³/mol. The molecule has 0 saturated heterocycles. The Kier molecular flexibility index (Phi) is 5.04. The first-order valence-corrected chi connectivity index (χ1v) is 6.95. The van der Waals surface area contributed by atoms with Crippen LogP contribution in [0.5, 0.6) is 0 Å². The summed E-state index contributed by atoms with van der Waals surface area (Å²) in [6, 6.07) is 6.92. The van der Waals surface area contributed by atoms with Crippen LogP contribution in [-0.4, -0.2) is 6.54 Å². The number of fused-ring (bicyclic) bond motifs is 1. The normalized spacial score (nSPS) is 14.9. The number of rotatable bonds is 0. The number of hydrogen-bond donors (Lipinski definition) is 1. The Morgan fingerprint density at radius 1 is 1.06 bits per heavy atom. The minimum atomic E-state index is 0.253. The summed E-state index contributed by atoms with van der Waals surface area (Å²) in [6.07, 6.45) is 3.83. The minimum Gasteiger partial charge on any atom is -0.385 e. The van der Waals surface area contributed by atoms with Gasteiger partial charge in [0.2, 0.25) is 0 Å². The lowest BCUT2D eigenvalue weighted by Crippen LogP contribution is -2.12. The summed E-state index contributed by atoms with van der Waals surface area (Å²) in [6.45, 7) is 11.9. The zero-order chi connectivity index (χ0) is 12.9. The average molecular weight is 233 g/mol. The average Bonchev–Trinajstić information content (AvgIpc) is 2.54. The second-order valence-electron chi connectivity index (χ2n) is 5.51. The van der Waals surface area contributed by atoms with Crippen molar-refractivity contribution in [2.45, 2.75) is 59.3 Å². The van der Waals surface area contributed by atoms with Crippen molar-refractivity contribution in [2.24, 2.45) is 0 Å². The molecule has 1 aromatic rings. The Hall–Kier alpha value is -0.980. The van der Waals surface area contributed by atoms with Crippen LogP contribution in [0.1, 0.15) is 58.6 Å². The van der Waals surface area contributed by atoms with E-state index in [4.69, 9.17) is 0 Å². The van der Waals surface area contributed by atoms with Crippen LogP contribution in [0.25, 0.3) is 0 Å². The fourth-order valence-corrected chi connectivity index (χ4v) is 2.09. The van der Waals surface area contributed by atoms with Gasteiger partial charge in [-0.3, -0.25) is 0 Å².